The van der Waals surface area contributed by atoms with E-state index < -0.39 is 0 Å². The van der Waals surface area contributed by atoms with Gasteiger partial charge in [-0.1, -0.05) is 53.5 Å². The third kappa shape index (κ3) is 2.40. The normalized spacial score (nSPS) is 10.7. The van der Waals surface area contributed by atoms with Gasteiger partial charge in [-0.3, -0.25) is 0 Å². The van der Waals surface area contributed by atoms with Crippen molar-refractivity contribution in [3.63, 3.8) is 0 Å². The van der Waals surface area contributed by atoms with Crippen molar-refractivity contribution in [3.05, 3.63) is 64.6 Å². The second-order valence-corrected chi connectivity index (χ2v) is 5.20. The fraction of sp³-hybridized carbons (Fsp3) is 0. The molecule has 4 heteroatoms. The molecule has 0 saturated carbocycles. The van der Waals surface area contributed by atoms with Crippen LogP contribution in [0, 0.1) is 0 Å². The van der Waals surface area contributed by atoms with E-state index >= 15 is 0 Å². The van der Waals surface area contributed by atoms with Crippen LogP contribution >= 0.6 is 23.2 Å². The number of rotatable bonds is 2. The van der Waals surface area contributed by atoms with Gasteiger partial charge < -0.3 is 10.5 Å². The van der Waals surface area contributed by atoms with Crippen LogP contribution in [0.3, 0.4) is 0 Å². The van der Waals surface area contributed by atoms with E-state index in [2.05, 4.69) is 0 Å². The summed E-state index contributed by atoms with van der Waals surface area (Å²) in [5.41, 5.74) is 6.26. The van der Waals surface area contributed by atoms with Crippen molar-refractivity contribution in [1.29, 1.82) is 0 Å². The molecule has 0 radical (unpaired) electrons. The van der Waals surface area contributed by atoms with Gasteiger partial charge in [0.1, 0.15) is 5.75 Å². The van der Waals surface area contributed by atoms with Gasteiger partial charge in [0.15, 0.2) is 5.75 Å². The fourth-order valence-electron chi connectivity index (χ4n) is 2.03. The zero-order chi connectivity index (χ0) is 14.1. The van der Waals surface area contributed by atoms with Crippen LogP contribution in [0.5, 0.6) is 11.5 Å². The van der Waals surface area contributed by atoms with Crippen LogP contribution in [-0.2, 0) is 0 Å². The Hall–Kier alpha value is -1.90. The van der Waals surface area contributed by atoms with E-state index in [1.54, 1.807) is 18.2 Å². The minimum atomic E-state index is 0.453. The minimum Gasteiger partial charge on any atom is -0.454 e. The van der Waals surface area contributed by atoms with Crippen LogP contribution in [0.2, 0.25) is 10.0 Å². The van der Waals surface area contributed by atoms with Gasteiger partial charge in [-0.05, 0) is 29.7 Å². The van der Waals surface area contributed by atoms with Gasteiger partial charge in [-0.15, -0.1) is 0 Å². The Morgan fingerprint density at radius 3 is 2.45 bits per heavy atom. The summed E-state index contributed by atoms with van der Waals surface area (Å²) in [5.74, 6) is 1.12. The highest BCUT2D eigenvalue weighted by Gasteiger charge is 2.10. The Balaban J connectivity index is 2.12. The SMILES string of the molecule is Nc1ccc(Oc2c(Cl)ccc3ccccc23)c(Cl)c1. The Kier molecular flexibility index (Phi) is 3.43. The van der Waals surface area contributed by atoms with Gasteiger partial charge in [0.25, 0.3) is 0 Å². The van der Waals surface area contributed by atoms with E-state index in [9.17, 15) is 0 Å². The number of nitrogen functional groups attached to an aromatic ring is 1. The van der Waals surface area contributed by atoms with E-state index in [-0.39, 0.29) is 0 Å². The number of hydrogen-bond acceptors (Lipinski definition) is 2. The lowest BCUT2D eigenvalue weighted by Gasteiger charge is -2.12. The van der Waals surface area contributed by atoms with Crippen LogP contribution in [0.1, 0.15) is 0 Å². The molecule has 0 aliphatic rings. The fourth-order valence-corrected chi connectivity index (χ4v) is 2.46. The van der Waals surface area contributed by atoms with E-state index in [0.29, 0.717) is 27.2 Å². The van der Waals surface area contributed by atoms with Crippen molar-refractivity contribution >= 4 is 39.7 Å². The number of halogens is 2. The van der Waals surface area contributed by atoms with E-state index in [1.807, 2.05) is 36.4 Å². The molecule has 20 heavy (non-hydrogen) atoms. The predicted octanol–water partition coefficient (Wildman–Crippen LogP) is 5.52. The maximum Gasteiger partial charge on any atom is 0.153 e. The molecule has 0 aliphatic carbocycles. The van der Waals surface area contributed by atoms with Gasteiger partial charge in [-0.2, -0.15) is 0 Å². The van der Waals surface area contributed by atoms with Crippen LogP contribution in [0.15, 0.2) is 54.6 Å². The molecule has 3 aromatic rings. The van der Waals surface area contributed by atoms with Crippen LogP contribution in [-0.4, -0.2) is 0 Å². The molecule has 0 fully saturated rings. The zero-order valence-corrected chi connectivity index (χ0v) is 11.9. The van der Waals surface area contributed by atoms with Crippen molar-refractivity contribution in [3.8, 4) is 11.5 Å². The Labute approximate surface area is 126 Å². The number of fused-ring (bicyclic) bond motifs is 1. The summed E-state index contributed by atoms with van der Waals surface area (Å²) in [4.78, 5) is 0. The molecule has 0 aromatic heterocycles. The molecule has 0 amide bonds. The lowest BCUT2D eigenvalue weighted by molar-refractivity contribution is 0.489. The summed E-state index contributed by atoms with van der Waals surface area (Å²) in [6, 6.07) is 16.8. The number of nitrogens with two attached hydrogens (primary N) is 1. The number of anilines is 1. The zero-order valence-electron chi connectivity index (χ0n) is 10.4. The molecule has 3 aromatic carbocycles. The summed E-state index contributed by atoms with van der Waals surface area (Å²) >= 11 is 12.4. The number of ether oxygens (including phenoxy) is 1. The number of benzene rings is 3. The molecule has 0 saturated heterocycles. The molecule has 0 heterocycles. The highest BCUT2D eigenvalue weighted by molar-refractivity contribution is 6.34. The van der Waals surface area contributed by atoms with E-state index in [4.69, 9.17) is 33.7 Å². The molecule has 100 valence electrons. The van der Waals surface area contributed by atoms with Gasteiger partial charge in [0.2, 0.25) is 0 Å². The quantitative estimate of drug-likeness (QED) is 0.632. The average molecular weight is 304 g/mol. The summed E-state index contributed by atoms with van der Waals surface area (Å²) in [6.45, 7) is 0. The van der Waals surface area contributed by atoms with Crippen molar-refractivity contribution in [2.24, 2.45) is 0 Å². The summed E-state index contributed by atoms with van der Waals surface area (Å²) < 4.78 is 5.89. The molecular formula is C16H11Cl2NO. The highest BCUT2D eigenvalue weighted by Crippen LogP contribution is 2.39. The Morgan fingerprint density at radius 1 is 0.850 bits per heavy atom. The van der Waals surface area contributed by atoms with Crippen molar-refractivity contribution < 1.29 is 4.74 Å². The van der Waals surface area contributed by atoms with Crippen LogP contribution in [0.25, 0.3) is 10.8 Å². The van der Waals surface area contributed by atoms with Gasteiger partial charge in [-0.25, -0.2) is 0 Å². The summed E-state index contributed by atoms with van der Waals surface area (Å²) in [5, 5.41) is 2.98. The molecule has 0 atom stereocenters. The molecule has 0 spiro atoms. The maximum atomic E-state index is 6.24. The third-order valence-electron chi connectivity index (χ3n) is 3.00. The smallest absolute Gasteiger partial charge is 0.153 e. The first-order valence-electron chi connectivity index (χ1n) is 6.05. The van der Waals surface area contributed by atoms with Crippen molar-refractivity contribution in [2.75, 3.05) is 5.73 Å². The maximum absolute atomic E-state index is 6.24. The predicted molar refractivity (Wildman–Crippen MR) is 84.9 cm³/mol. The van der Waals surface area contributed by atoms with Gasteiger partial charge in [0.05, 0.1) is 10.0 Å². The van der Waals surface area contributed by atoms with E-state index in [1.165, 1.54) is 0 Å². The van der Waals surface area contributed by atoms with E-state index in [0.717, 1.165) is 10.8 Å². The largest absolute Gasteiger partial charge is 0.454 e. The monoisotopic (exact) mass is 303 g/mol. The highest BCUT2D eigenvalue weighted by atomic mass is 35.5. The topological polar surface area (TPSA) is 35.2 Å². The lowest BCUT2D eigenvalue weighted by atomic mass is 10.1. The third-order valence-corrected chi connectivity index (χ3v) is 3.59. The lowest BCUT2D eigenvalue weighted by Crippen LogP contribution is -1.90. The molecule has 0 aliphatic heterocycles. The molecule has 2 N–H and O–H groups in total. The average Bonchev–Trinajstić information content (AvgIpc) is 2.44. The molecule has 3 rings (SSSR count). The second kappa shape index (κ2) is 5.23. The standard InChI is InChI=1S/C16H11Cl2NO/c17-13-7-5-10-3-1-2-4-12(10)16(13)20-15-8-6-11(19)9-14(15)18/h1-9H,19H2. The first-order chi connectivity index (χ1) is 9.65. The molecule has 0 unspecified atom stereocenters. The molecular weight excluding hydrogens is 293 g/mol. The first kappa shape index (κ1) is 13.1. The summed E-state index contributed by atoms with van der Waals surface area (Å²) in [6.07, 6.45) is 0. The van der Waals surface area contributed by atoms with Crippen molar-refractivity contribution in [1.82, 2.24) is 0 Å². The van der Waals surface area contributed by atoms with Gasteiger partial charge >= 0.3 is 0 Å². The van der Waals surface area contributed by atoms with Gasteiger partial charge in [0, 0.05) is 11.1 Å². The Bertz CT molecular complexity index is 787. The first-order valence-corrected chi connectivity index (χ1v) is 6.81. The van der Waals surface area contributed by atoms with Crippen LogP contribution in [0.4, 0.5) is 5.69 Å². The van der Waals surface area contributed by atoms with Crippen molar-refractivity contribution in [2.45, 2.75) is 0 Å². The minimum absolute atomic E-state index is 0.453. The summed E-state index contributed by atoms with van der Waals surface area (Å²) in [7, 11) is 0. The Morgan fingerprint density at radius 2 is 1.65 bits per heavy atom. The molecule has 2 nitrogen and oxygen atoms in total. The molecule has 0 bridgehead atoms. The van der Waals surface area contributed by atoms with Crippen LogP contribution < -0.4 is 10.5 Å². The second-order valence-electron chi connectivity index (χ2n) is 4.39. The number of hydrogen-bond donors (Lipinski definition) is 1.